The van der Waals surface area contributed by atoms with Gasteiger partial charge in [0.1, 0.15) is 0 Å². The highest BCUT2D eigenvalue weighted by molar-refractivity contribution is 5.22. The van der Waals surface area contributed by atoms with Crippen molar-refractivity contribution in [3.63, 3.8) is 0 Å². The van der Waals surface area contributed by atoms with E-state index in [1.807, 2.05) is 18.2 Å². The Morgan fingerprint density at radius 2 is 1.68 bits per heavy atom. The van der Waals surface area contributed by atoms with E-state index < -0.39 is 0 Å². The van der Waals surface area contributed by atoms with Crippen LogP contribution in [0.25, 0.3) is 0 Å². The third kappa shape index (κ3) is 5.42. The van der Waals surface area contributed by atoms with Gasteiger partial charge in [-0.3, -0.25) is 0 Å². The number of morpholine rings is 1. The lowest BCUT2D eigenvalue weighted by molar-refractivity contribution is 0.0524. The van der Waals surface area contributed by atoms with Gasteiger partial charge in [-0.25, -0.2) is 0 Å². The fraction of sp³-hybridized carbons (Fsp3) is 0.500. The summed E-state index contributed by atoms with van der Waals surface area (Å²) >= 11 is 0. The molecule has 0 radical (unpaired) electrons. The molecule has 28 heavy (non-hydrogen) atoms. The van der Waals surface area contributed by atoms with Gasteiger partial charge >= 0.3 is 0 Å². The average molecular weight is 381 g/mol. The molecule has 4 heteroatoms. The third-order valence-electron chi connectivity index (χ3n) is 6.01. The second kappa shape index (κ2) is 10.2. The Kier molecular flexibility index (Phi) is 7.12. The lowest BCUT2D eigenvalue weighted by atomic mass is 9.94. The van der Waals surface area contributed by atoms with Crippen LogP contribution >= 0.6 is 0 Å². The molecule has 2 aliphatic rings. The molecule has 1 aliphatic heterocycles. The van der Waals surface area contributed by atoms with Crippen molar-refractivity contribution in [1.29, 1.82) is 0 Å². The Labute approximate surface area is 168 Å². The van der Waals surface area contributed by atoms with Gasteiger partial charge in [0.15, 0.2) is 0 Å². The van der Waals surface area contributed by atoms with Crippen molar-refractivity contribution in [2.45, 2.75) is 51.1 Å². The smallest absolute Gasteiger partial charge is 0.0721 e. The van der Waals surface area contributed by atoms with Gasteiger partial charge in [-0.2, -0.15) is 0 Å². The van der Waals surface area contributed by atoms with Gasteiger partial charge in [0.05, 0.1) is 26.4 Å². The summed E-state index contributed by atoms with van der Waals surface area (Å²) in [5.74, 6) is 0.686. The average Bonchev–Trinajstić information content (AvgIpc) is 3.23. The zero-order valence-electron chi connectivity index (χ0n) is 16.6. The minimum Gasteiger partial charge on any atom is -0.379 e. The molecule has 2 fully saturated rings. The maximum Gasteiger partial charge on any atom is 0.0721 e. The van der Waals surface area contributed by atoms with Crippen LogP contribution in [-0.2, 0) is 29.2 Å². The molecule has 150 valence electrons. The van der Waals surface area contributed by atoms with Gasteiger partial charge in [0.25, 0.3) is 0 Å². The molecule has 4 nitrogen and oxygen atoms in total. The summed E-state index contributed by atoms with van der Waals surface area (Å²) in [4.78, 5) is 0. The summed E-state index contributed by atoms with van der Waals surface area (Å²) in [6, 6.07) is 20.2. The molecule has 0 spiro atoms. The fourth-order valence-corrected chi connectivity index (χ4v) is 4.45. The van der Waals surface area contributed by atoms with Gasteiger partial charge in [-0.1, -0.05) is 61.0 Å². The number of rotatable bonds is 8. The highest BCUT2D eigenvalue weighted by Crippen LogP contribution is 2.29. The first-order chi connectivity index (χ1) is 13.9. The first-order valence-electron chi connectivity index (χ1n) is 10.6. The van der Waals surface area contributed by atoms with Crippen LogP contribution < -0.4 is 10.6 Å². The quantitative estimate of drug-likeness (QED) is 0.734. The Morgan fingerprint density at radius 3 is 2.43 bits per heavy atom. The minimum absolute atomic E-state index is 0.512. The second-order valence-corrected chi connectivity index (χ2v) is 8.01. The molecule has 0 amide bonds. The summed E-state index contributed by atoms with van der Waals surface area (Å²) < 4.78 is 11.5. The highest BCUT2D eigenvalue weighted by Gasteiger charge is 2.34. The zero-order chi connectivity index (χ0) is 19.0. The monoisotopic (exact) mass is 380 g/mol. The van der Waals surface area contributed by atoms with Crippen molar-refractivity contribution in [2.24, 2.45) is 5.92 Å². The van der Waals surface area contributed by atoms with Crippen molar-refractivity contribution >= 4 is 0 Å². The molecule has 0 aromatic heterocycles. The molecule has 2 N–H and O–H groups in total. The number of nitrogens with one attached hydrogen (secondary N) is 2. The van der Waals surface area contributed by atoms with E-state index in [1.54, 1.807) is 0 Å². The minimum atomic E-state index is 0.512. The fourth-order valence-electron chi connectivity index (χ4n) is 4.45. The van der Waals surface area contributed by atoms with Gasteiger partial charge < -0.3 is 20.1 Å². The number of ether oxygens (including phenoxy) is 2. The summed E-state index contributed by atoms with van der Waals surface area (Å²) in [6.45, 7) is 4.94. The van der Waals surface area contributed by atoms with Crippen LogP contribution in [0.5, 0.6) is 0 Å². The van der Waals surface area contributed by atoms with Crippen molar-refractivity contribution in [3.05, 3.63) is 71.3 Å². The molecule has 1 saturated carbocycles. The molecule has 4 rings (SSSR count). The van der Waals surface area contributed by atoms with E-state index in [0.29, 0.717) is 31.2 Å². The Balaban J connectivity index is 1.22. The molecule has 1 heterocycles. The van der Waals surface area contributed by atoms with Crippen molar-refractivity contribution < 1.29 is 9.47 Å². The summed E-state index contributed by atoms with van der Waals surface area (Å²) in [7, 11) is 0. The predicted molar refractivity (Wildman–Crippen MR) is 112 cm³/mol. The van der Waals surface area contributed by atoms with Crippen LogP contribution in [0.1, 0.15) is 36.0 Å². The summed E-state index contributed by atoms with van der Waals surface area (Å²) in [6.07, 6.45) is 3.89. The van der Waals surface area contributed by atoms with E-state index in [4.69, 9.17) is 9.47 Å². The van der Waals surface area contributed by atoms with Crippen LogP contribution in [0.15, 0.2) is 54.6 Å². The number of benzene rings is 2. The lowest BCUT2D eigenvalue weighted by Crippen LogP contribution is -2.50. The summed E-state index contributed by atoms with van der Waals surface area (Å²) in [5, 5.41) is 7.45. The molecule has 1 saturated heterocycles. The zero-order valence-corrected chi connectivity index (χ0v) is 16.6. The first-order valence-corrected chi connectivity index (χ1v) is 10.6. The molecular formula is C24H32N2O2. The van der Waals surface area contributed by atoms with Crippen molar-refractivity contribution in [3.8, 4) is 0 Å². The molecular weight excluding hydrogens is 348 g/mol. The van der Waals surface area contributed by atoms with Crippen LogP contribution in [0, 0.1) is 5.92 Å². The molecule has 2 aromatic carbocycles. The van der Waals surface area contributed by atoms with E-state index in [2.05, 4.69) is 47.0 Å². The van der Waals surface area contributed by atoms with E-state index in [1.165, 1.54) is 36.0 Å². The summed E-state index contributed by atoms with van der Waals surface area (Å²) in [5.41, 5.74) is 3.78. The SMILES string of the molecule is c1ccc(COCc2ccc(CNC3CCCC3C3COCCN3)cc2)cc1. The van der Waals surface area contributed by atoms with Crippen LogP contribution in [0.3, 0.4) is 0 Å². The van der Waals surface area contributed by atoms with E-state index in [0.717, 1.165) is 26.3 Å². The van der Waals surface area contributed by atoms with E-state index in [-0.39, 0.29) is 0 Å². The highest BCUT2D eigenvalue weighted by atomic mass is 16.5. The maximum atomic E-state index is 5.83. The molecule has 3 atom stereocenters. The standard InChI is InChI=1S/C24H32N2O2/c1-2-5-20(6-3-1)16-28-17-21-11-9-19(10-12-21)15-26-23-8-4-7-22(23)24-18-27-14-13-25-24/h1-3,5-6,9-12,22-26H,4,7-8,13-18H2. The largest absolute Gasteiger partial charge is 0.379 e. The Hall–Kier alpha value is -1.72. The van der Waals surface area contributed by atoms with Crippen LogP contribution in [0.2, 0.25) is 0 Å². The molecule has 3 unspecified atom stereocenters. The first kappa shape index (κ1) is 19.6. The maximum absolute atomic E-state index is 5.83. The van der Waals surface area contributed by atoms with E-state index in [9.17, 15) is 0 Å². The Morgan fingerprint density at radius 1 is 0.929 bits per heavy atom. The topological polar surface area (TPSA) is 42.5 Å². The van der Waals surface area contributed by atoms with E-state index >= 15 is 0 Å². The number of hydrogen-bond acceptors (Lipinski definition) is 4. The van der Waals surface area contributed by atoms with Gasteiger partial charge in [0, 0.05) is 25.2 Å². The van der Waals surface area contributed by atoms with Crippen LogP contribution in [-0.4, -0.2) is 31.8 Å². The molecule has 1 aliphatic carbocycles. The van der Waals surface area contributed by atoms with Crippen LogP contribution in [0.4, 0.5) is 0 Å². The van der Waals surface area contributed by atoms with Gasteiger partial charge in [0.2, 0.25) is 0 Å². The molecule has 0 bridgehead atoms. The normalized spacial score (nSPS) is 25.1. The van der Waals surface area contributed by atoms with Gasteiger partial charge in [-0.15, -0.1) is 0 Å². The lowest BCUT2D eigenvalue weighted by Gasteiger charge is -2.33. The van der Waals surface area contributed by atoms with Crippen molar-refractivity contribution in [1.82, 2.24) is 10.6 Å². The van der Waals surface area contributed by atoms with Crippen molar-refractivity contribution in [2.75, 3.05) is 19.8 Å². The predicted octanol–water partition coefficient (Wildman–Crippen LogP) is 3.65. The Bertz CT molecular complexity index is 698. The number of hydrogen-bond donors (Lipinski definition) is 2. The molecule has 2 aromatic rings. The van der Waals surface area contributed by atoms with Gasteiger partial charge in [-0.05, 0) is 35.4 Å². The third-order valence-corrected chi connectivity index (χ3v) is 6.01. The second-order valence-electron chi connectivity index (χ2n) is 8.01.